The molecule has 0 atom stereocenters. The number of nitrogens with one attached hydrogen (secondary N) is 3. The molecule has 0 aromatic heterocycles. The van der Waals surface area contributed by atoms with Crippen molar-refractivity contribution >= 4 is 41.1 Å². The number of para-hydroxylation sites is 2. The number of nitrogens with zero attached hydrogens (tertiary/aromatic N) is 2. The Morgan fingerprint density at radius 3 is 2.66 bits per heavy atom. The Morgan fingerprint density at radius 2 is 1.97 bits per heavy atom. The van der Waals surface area contributed by atoms with E-state index >= 15 is 0 Å². The van der Waals surface area contributed by atoms with Crippen molar-refractivity contribution in [1.82, 2.24) is 10.7 Å². The molecular weight excluding hydrogens is 394 g/mol. The van der Waals surface area contributed by atoms with Gasteiger partial charge in [0, 0.05) is 25.3 Å². The van der Waals surface area contributed by atoms with Crippen molar-refractivity contribution in [2.45, 2.75) is 6.92 Å². The molecule has 2 aromatic carbocycles. The number of ether oxygens (including phenoxy) is 1. The summed E-state index contributed by atoms with van der Waals surface area (Å²) in [6.45, 7) is 2.08. The first kappa shape index (κ1) is 22.0. The largest absolute Gasteiger partial charge is 0.492 e. The van der Waals surface area contributed by atoms with E-state index in [-0.39, 0.29) is 6.54 Å². The molecular formula is C20H24ClN5O3. The third kappa shape index (κ3) is 7.00. The van der Waals surface area contributed by atoms with Crippen molar-refractivity contribution in [2.75, 3.05) is 37.5 Å². The number of hydrogen-bond donors (Lipinski definition) is 3. The van der Waals surface area contributed by atoms with Crippen LogP contribution in [0.2, 0.25) is 5.02 Å². The van der Waals surface area contributed by atoms with Gasteiger partial charge < -0.3 is 20.3 Å². The number of amides is 3. The van der Waals surface area contributed by atoms with Crippen LogP contribution in [0.4, 0.5) is 16.2 Å². The maximum atomic E-state index is 12.0. The highest BCUT2D eigenvalue weighted by molar-refractivity contribution is 6.33. The molecule has 0 aliphatic rings. The maximum absolute atomic E-state index is 12.0. The van der Waals surface area contributed by atoms with Crippen molar-refractivity contribution in [3.05, 3.63) is 53.1 Å². The molecule has 3 amide bonds. The molecule has 0 aliphatic heterocycles. The summed E-state index contributed by atoms with van der Waals surface area (Å²) in [7, 11) is 3.83. The van der Waals surface area contributed by atoms with Gasteiger partial charge in [0.05, 0.1) is 23.5 Å². The molecule has 154 valence electrons. The Bertz CT molecular complexity index is 886. The lowest BCUT2D eigenvalue weighted by Gasteiger charge is -2.13. The van der Waals surface area contributed by atoms with E-state index in [4.69, 9.17) is 16.3 Å². The van der Waals surface area contributed by atoms with E-state index in [1.165, 1.54) is 6.21 Å². The second-order valence-electron chi connectivity index (χ2n) is 6.13. The standard InChI is InChI=1S/C20H24ClN5O3/c1-4-29-18-8-6-5-7-17(18)24-20(28)22-13-19(27)25-23-12-14-9-10-15(26(2)3)11-16(14)21/h5-12H,4,13H2,1-3H3,(H,25,27)(H2,22,24,28)/b23-12+. The SMILES string of the molecule is CCOc1ccccc1NC(=O)NCC(=O)N/N=C/c1ccc(N(C)C)cc1Cl. The van der Waals surface area contributed by atoms with Gasteiger partial charge in [0.2, 0.25) is 0 Å². The zero-order chi connectivity index (χ0) is 21.2. The van der Waals surface area contributed by atoms with Gasteiger partial charge in [-0.15, -0.1) is 0 Å². The number of carbonyl (C=O) groups excluding carboxylic acids is 2. The smallest absolute Gasteiger partial charge is 0.319 e. The molecule has 0 unspecified atom stereocenters. The highest BCUT2D eigenvalue weighted by Gasteiger charge is 2.08. The van der Waals surface area contributed by atoms with Gasteiger partial charge in [-0.05, 0) is 37.3 Å². The Hall–Kier alpha value is -3.26. The predicted octanol–water partition coefficient (Wildman–Crippen LogP) is 3.08. The molecule has 0 heterocycles. The second kappa shape index (κ2) is 10.9. The summed E-state index contributed by atoms with van der Waals surface area (Å²) in [5, 5.41) is 9.47. The number of benzene rings is 2. The molecule has 0 spiro atoms. The van der Waals surface area contributed by atoms with Gasteiger partial charge in [0.25, 0.3) is 5.91 Å². The van der Waals surface area contributed by atoms with Gasteiger partial charge in [0.15, 0.2) is 0 Å². The minimum Gasteiger partial charge on any atom is -0.492 e. The fourth-order valence-electron chi connectivity index (χ4n) is 2.29. The van der Waals surface area contributed by atoms with Crippen molar-refractivity contribution in [2.24, 2.45) is 5.10 Å². The maximum Gasteiger partial charge on any atom is 0.319 e. The van der Waals surface area contributed by atoms with Crippen LogP contribution in [-0.2, 0) is 4.79 Å². The molecule has 0 fully saturated rings. The predicted molar refractivity (Wildman–Crippen MR) is 116 cm³/mol. The number of anilines is 2. The van der Waals surface area contributed by atoms with Gasteiger partial charge in [0.1, 0.15) is 12.3 Å². The van der Waals surface area contributed by atoms with Crippen LogP contribution in [0.3, 0.4) is 0 Å². The van der Waals surface area contributed by atoms with Crippen molar-refractivity contribution in [1.29, 1.82) is 0 Å². The number of carbonyl (C=O) groups is 2. The number of urea groups is 1. The van der Waals surface area contributed by atoms with E-state index in [1.807, 2.05) is 32.0 Å². The Balaban J connectivity index is 1.81. The average molecular weight is 418 g/mol. The second-order valence-corrected chi connectivity index (χ2v) is 6.54. The van der Waals surface area contributed by atoms with E-state index in [0.717, 1.165) is 5.69 Å². The van der Waals surface area contributed by atoms with Crippen LogP contribution in [0.25, 0.3) is 0 Å². The summed E-state index contributed by atoms with van der Waals surface area (Å²) in [4.78, 5) is 25.8. The van der Waals surface area contributed by atoms with Crippen LogP contribution in [-0.4, -0.2) is 45.4 Å². The molecule has 0 saturated heterocycles. The number of hydrazone groups is 1. The van der Waals surface area contributed by atoms with Crippen LogP contribution < -0.4 is 25.7 Å². The van der Waals surface area contributed by atoms with Crippen molar-refractivity contribution in [3.63, 3.8) is 0 Å². The zero-order valence-corrected chi connectivity index (χ0v) is 17.3. The highest BCUT2D eigenvalue weighted by Crippen LogP contribution is 2.23. The van der Waals surface area contributed by atoms with Gasteiger partial charge in [-0.3, -0.25) is 4.79 Å². The van der Waals surface area contributed by atoms with E-state index in [0.29, 0.717) is 28.6 Å². The summed E-state index contributed by atoms with van der Waals surface area (Å²) in [5.41, 5.74) is 4.47. The first-order valence-electron chi connectivity index (χ1n) is 8.96. The first-order chi connectivity index (χ1) is 13.9. The summed E-state index contributed by atoms with van der Waals surface area (Å²) < 4.78 is 5.43. The molecule has 2 rings (SSSR count). The number of rotatable bonds is 8. The topological polar surface area (TPSA) is 95.1 Å². The monoisotopic (exact) mass is 417 g/mol. The fraction of sp³-hybridized carbons (Fsp3) is 0.250. The Kier molecular flexibility index (Phi) is 8.29. The van der Waals surface area contributed by atoms with Gasteiger partial charge in [-0.25, -0.2) is 10.2 Å². The van der Waals surface area contributed by atoms with E-state index in [2.05, 4.69) is 21.2 Å². The van der Waals surface area contributed by atoms with Crippen LogP contribution in [0.15, 0.2) is 47.6 Å². The molecule has 2 aromatic rings. The summed E-state index contributed by atoms with van der Waals surface area (Å²) in [6.07, 6.45) is 1.44. The van der Waals surface area contributed by atoms with Crippen LogP contribution in [0.5, 0.6) is 5.75 Å². The lowest BCUT2D eigenvalue weighted by Crippen LogP contribution is -2.37. The minimum absolute atomic E-state index is 0.243. The van der Waals surface area contributed by atoms with Crippen LogP contribution >= 0.6 is 11.6 Å². The van der Waals surface area contributed by atoms with Crippen molar-refractivity contribution < 1.29 is 14.3 Å². The lowest BCUT2D eigenvalue weighted by molar-refractivity contribution is -0.120. The lowest BCUT2D eigenvalue weighted by atomic mass is 10.2. The molecule has 9 heteroatoms. The van der Waals surface area contributed by atoms with Gasteiger partial charge >= 0.3 is 6.03 Å². The van der Waals surface area contributed by atoms with Gasteiger partial charge in [-0.2, -0.15) is 5.10 Å². The Morgan fingerprint density at radius 1 is 1.21 bits per heavy atom. The van der Waals surface area contributed by atoms with Crippen LogP contribution in [0, 0.1) is 0 Å². The highest BCUT2D eigenvalue weighted by atomic mass is 35.5. The summed E-state index contributed by atoms with van der Waals surface area (Å²) >= 11 is 6.20. The fourth-order valence-corrected chi connectivity index (χ4v) is 2.51. The molecule has 0 aliphatic carbocycles. The average Bonchev–Trinajstić information content (AvgIpc) is 2.69. The zero-order valence-electron chi connectivity index (χ0n) is 16.5. The van der Waals surface area contributed by atoms with Crippen molar-refractivity contribution in [3.8, 4) is 5.75 Å². The van der Waals surface area contributed by atoms with E-state index in [1.54, 1.807) is 36.4 Å². The van der Waals surface area contributed by atoms with Gasteiger partial charge in [-0.1, -0.05) is 23.7 Å². The molecule has 3 N–H and O–H groups in total. The third-order valence-electron chi connectivity index (χ3n) is 3.74. The number of halogens is 1. The molecule has 0 radical (unpaired) electrons. The third-order valence-corrected chi connectivity index (χ3v) is 4.07. The molecule has 29 heavy (non-hydrogen) atoms. The summed E-state index contributed by atoms with van der Waals surface area (Å²) in [6, 6.07) is 12.0. The minimum atomic E-state index is -0.529. The van der Waals surface area contributed by atoms with E-state index < -0.39 is 11.9 Å². The Labute approximate surface area is 174 Å². The first-order valence-corrected chi connectivity index (χ1v) is 9.34. The summed E-state index contributed by atoms with van der Waals surface area (Å²) in [5.74, 6) is 0.0758. The molecule has 0 saturated carbocycles. The number of hydrogen-bond acceptors (Lipinski definition) is 5. The van der Waals surface area contributed by atoms with Crippen LogP contribution in [0.1, 0.15) is 12.5 Å². The van der Waals surface area contributed by atoms with E-state index in [9.17, 15) is 9.59 Å². The molecule has 8 nitrogen and oxygen atoms in total. The normalized spacial score (nSPS) is 10.5. The quantitative estimate of drug-likeness (QED) is 0.454. The molecule has 0 bridgehead atoms.